The fraction of sp³-hybridized carbons (Fsp3) is 0.471. The van der Waals surface area contributed by atoms with Crippen molar-refractivity contribution in [3.05, 3.63) is 40.8 Å². The number of hydrogen-bond acceptors (Lipinski definition) is 6. The molecule has 1 unspecified atom stereocenters. The molecule has 1 aliphatic rings. The molecular weight excluding hydrogens is 338 g/mol. The van der Waals surface area contributed by atoms with Gasteiger partial charge in [-0.3, -0.25) is 4.68 Å². The van der Waals surface area contributed by atoms with Crippen LogP contribution in [0.1, 0.15) is 35.0 Å². The summed E-state index contributed by atoms with van der Waals surface area (Å²) in [6, 6.07) is 5.54. The highest BCUT2D eigenvalue weighted by Crippen LogP contribution is 2.27. The van der Waals surface area contributed by atoms with Crippen molar-refractivity contribution in [3.8, 4) is 6.07 Å². The van der Waals surface area contributed by atoms with E-state index in [2.05, 4.69) is 16.2 Å². The third-order valence-corrected chi connectivity index (χ3v) is 6.44. The molecule has 7 nitrogen and oxygen atoms in total. The van der Waals surface area contributed by atoms with Gasteiger partial charge in [0.1, 0.15) is 11.9 Å². The highest BCUT2D eigenvalue weighted by Gasteiger charge is 2.31. The van der Waals surface area contributed by atoms with Gasteiger partial charge in [0.25, 0.3) is 0 Å². The van der Waals surface area contributed by atoms with Crippen molar-refractivity contribution in [2.45, 2.75) is 32.9 Å². The molecule has 132 valence electrons. The molecule has 2 aromatic rings. The summed E-state index contributed by atoms with van der Waals surface area (Å²) in [4.78, 5) is 6.30. The zero-order chi connectivity index (χ0) is 18.2. The van der Waals surface area contributed by atoms with Crippen LogP contribution >= 0.6 is 0 Å². The first-order valence-electron chi connectivity index (χ1n) is 8.13. The summed E-state index contributed by atoms with van der Waals surface area (Å²) in [7, 11) is -1.01. The van der Waals surface area contributed by atoms with E-state index in [0.29, 0.717) is 18.5 Å². The number of nitriles is 1. The lowest BCUT2D eigenvalue weighted by Gasteiger charge is -2.19. The fourth-order valence-corrected chi connectivity index (χ4v) is 4.94. The van der Waals surface area contributed by atoms with E-state index in [1.54, 1.807) is 12.3 Å². The Morgan fingerprint density at radius 3 is 2.72 bits per heavy atom. The van der Waals surface area contributed by atoms with Crippen LogP contribution in [0, 0.1) is 25.2 Å². The minimum Gasteiger partial charge on any atom is -0.355 e. The van der Waals surface area contributed by atoms with Crippen molar-refractivity contribution < 1.29 is 8.42 Å². The van der Waals surface area contributed by atoms with Crippen molar-refractivity contribution in [2.24, 2.45) is 0 Å². The smallest absolute Gasteiger partial charge is 0.152 e. The van der Waals surface area contributed by atoms with Crippen molar-refractivity contribution in [3.63, 3.8) is 0 Å². The van der Waals surface area contributed by atoms with Crippen LogP contribution in [-0.2, 0) is 16.4 Å². The molecule has 0 aromatic carbocycles. The predicted octanol–water partition coefficient (Wildman–Crippen LogP) is 1.76. The molecule has 1 fully saturated rings. The number of hydrogen-bond donors (Lipinski definition) is 0. The summed E-state index contributed by atoms with van der Waals surface area (Å²) in [5.41, 5.74) is 3.51. The van der Waals surface area contributed by atoms with Crippen molar-refractivity contribution in [1.82, 2.24) is 14.8 Å². The zero-order valence-electron chi connectivity index (χ0n) is 14.6. The molecule has 3 rings (SSSR count). The maximum Gasteiger partial charge on any atom is 0.152 e. The average molecular weight is 359 g/mol. The number of nitrogens with zero attached hydrogens (tertiary/aromatic N) is 5. The number of pyridine rings is 1. The number of aromatic nitrogens is 3. The molecule has 0 radical (unpaired) electrons. The molecule has 1 atom stereocenters. The second kappa shape index (κ2) is 6.48. The van der Waals surface area contributed by atoms with Gasteiger partial charge in [0.05, 0.1) is 28.8 Å². The SMILES string of the molecule is Cc1nn(C2CCS(=O)(=O)C2)c(C)c1CN(C)c1ccc(C#N)cn1. The summed E-state index contributed by atoms with van der Waals surface area (Å²) < 4.78 is 25.4. The summed E-state index contributed by atoms with van der Waals surface area (Å²) in [5, 5.41) is 13.5. The maximum absolute atomic E-state index is 11.8. The van der Waals surface area contributed by atoms with Gasteiger partial charge in [0.2, 0.25) is 0 Å². The van der Waals surface area contributed by atoms with Crippen molar-refractivity contribution in [1.29, 1.82) is 5.26 Å². The lowest BCUT2D eigenvalue weighted by atomic mass is 10.1. The molecule has 8 heteroatoms. The van der Waals surface area contributed by atoms with Gasteiger partial charge in [-0.05, 0) is 32.4 Å². The van der Waals surface area contributed by atoms with E-state index < -0.39 is 9.84 Å². The lowest BCUT2D eigenvalue weighted by molar-refractivity contribution is 0.485. The Balaban J connectivity index is 1.82. The second-order valence-electron chi connectivity index (χ2n) is 6.52. The Morgan fingerprint density at radius 1 is 1.40 bits per heavy atom. The molecule has 2 aromatic heterocycles. The maximum atomic E-state index is 11.8. The number of anilines is 1. The number of rotatable bonds is 4. The van der Waals surface area contributed by atoms with Gasteiger partial charge in [0.15, 0.2) is 9.84 Å². The molecule has 3 heterocycles. The van der Waals surface area contributed by atoms with Crippen LogP contribution in [-0.4, -0.2) is 41.7 Å². The molecular formula is C17H21N5O2S. The van der Waals surface area contributed by atoms with Gasteiger partial charge in [0, 0.05) is 31.0 Å². The molecule has 0 aliphatic carbocycles. The largest absolute Gasteiger partial charge is 0.355 e. The Bertz CT molecular complexity index is 925. The molecule has 0 saturated carbocycles. The van der Waals surface area contributed by atoms with Crippen LogP contribution in [0.15, 0.2) is 18.3 Å². The number of sulfone groups is 1. The van der Waals surface area contributed by atoms with E-state index >= 15 is 0 Å². The Hall–Kier alpha value is -2.40. The van der Waals surface area contributed by atoms with Crippen molar-refractivity contribution in [2.75, 3.05) is 23.5 Å². The first-order chi connectivity index (χ1) is 11.8. The Kier molecular flexibility index (Phi) is 4.52. The molecule has 1 aliphatic heterocycles. The van der Waals surface area contributed by atoms with Crippen LogP contribution in [0.2, 0.25) is 0 Å². The standard InChI is InChI=1S/C17H21N5O2S/c1-12-16(10-21(3)17-5-4-14(8-18)9-19-17)13(2)22(20-12)15-6-7-25(23,24)11-15/h4-5,9,15H,6-7,10-11H2,1-3H3. The second-order valence-corrected chi connectivity index (χ2v) is 8.75. The molecule has 0 amide bonds. The first kappa shape index (κ1) is 17.4. The van der Waals surface area contributed by atoms with Gasteiger partial charge in [-0.2, -0.15) is 10.4 Å². The van der Waals surface area contributed by atoms with E-state index in [0.717, 1.165) is 22.8 Å². The highest BCUT2D eigenvalue weighted by atomic mass is 32.2. The summed E-state index contributed by atoms with van der Waals surface area (Å²) >= 11 is 0. The molecule has 25 heavy (non-hydrogen) atoms. The average Bonchev–Trinajstić information content (AvgIpc) is 3.08. The number of aryl methyl sites for hydroxylation is 1. The van der Waals surface area contributed by atoms with Gasteiger partial charge in [-0.15, -0.1) is 0 Å². The molecule has 0 bridgehead atoms. The minimum absolute atomic E-state index is 0.0733. The van der Waals surface area contributed by atoms with Gasteiger partial charge >= 0.3 is 0 Å². The quantitative estimate of drug-likeness (QED) is 0.826. The predicted molar refractivity (Wildman–Crippen MR) is 95.1 cm³/mol. The van der Waals surface area contributed by atoms with Crippen LogP contribution in [0.5, 0.6) is 0 Å². The van der Waals surface area contributed by atoms with Gasteiger partial charge < -0.3 is 4.90 Å². The van der Waals surface area contributed by atoms with E-state index in [4.69, 9.17) is 5.26 Å². The van der Waals surface area contributed by atoms with Crippen LogP contribution < -0.4 is 4.90 Å². The third-order valence-electron chi connectivity index (χ3n) is 4.69. The summed E-state index contributed by atoms with van der Waals surface area (Å²) in [6.07, 6.45) is 2.18. The van der Waals surface area contributed by atoms with E-state index in [1.165, 1.54) is 0 Å². The normalized spacial score (nSPS) is 18.9. The van der Waals surface area contributed by atoms with Crippen LogP contribution in [0.25, 0.3) is 0 Å². The fourth-order valence-electron chi connectivity index (χ4n) is 3.25. The minimum atomic E-state index is -2.94. The molecule has 0 spiro atoms. The first-order valence-corrected chi connectivity index (χ1v) is 9.95. The molecule has 1 saturated heterocycles. The van der Waals surface area contributed by atoms with Gasteiger partial charge in [-0.1, -0.05) is 0 Å². The van der Waals surface area contributed by atoms with Gasteiger partial charge in [-0.25, -0.2) is 13.4 Å². The highest BCUT2D eigenvalue weighted by molar-refractivity contribution is 7.91. The monoisotopic (exact) mass is 359 g/mol. The topological polar surface area (TPSA) is 91.9 Å². The van der Waals surface area contributed by atoms with Crippen LogP contribution in [0.4, 0.5) is 5.82 Å². The third kappa shape index (κ3) is 3.51. The van der Waals surface area contributed by atoms with E-state index in [1.807, 2.05) is 36.5 Å². The Labute approximate surface area is 147 Å². The van der Waals surface area contributed by atoms with Crippen LogP contribution in [0.3, 0.4) is 0 Å². The van der Waals surface area contributed by atoms with E-state index in [-0.39, 0.29) is 17.5 Å². The van der Waals surface area contributed by atoms with E-state index in [9.17, 15) is 8.42 Å². The molecule has 0 N–H and O–H groups in total. The van der Waals surface area contributed by atoms with Crippen molar-refractivity contribution >= 4 is 15.7 Å². The summed E-state index contributed by atoms with van der Waals surface area (Å²) in [5.74, 6) is 1.18. The zero-order valence-corrected chi connectivity index (χ0v) is 15.4. The summed E-state index contributed by atoms with van der Waals surface area (Å²) in [6.45, 7) is 4.55. The lowest BCUT2D eigenvalue weighted by Crippen LogP contribution is -2.19. The Morgan fingerprint density at radius 2 is 2.16 bits per heavy atom.